The van der Waals surface area contributed by atoms with E-state index >= 15 is 0 Å². The molecule has 19 heavy (non-hydrogen) atoms. The molecule has 0 spiro atoms. The second kappa shape index (κ2) is 5.50. The topological polar surface area (TPSA) is 37.8 Å². The summed E-state index contributed by atoms with van der Waals surface area (Å²) in [6.45, 7) is 2.79. The molecule has 2 aromatic heterocycles. The Morgan fingerprint density at radius 1 is 1.26 bits per heavy atom. The van der Waals surface area contributed by atoms with Crippen molar-refractivity contribution in [2.45, 2.75) is 13.5 Å². The molecule has 2 heterocycles. The lowest BCUT2D eigenvalue weighted by atomic mass is 10.1. The first-order chi connectivity index (χ1) is 9.31. The van der Waals surface area contributed by atoms with Crippen molar-refractivity contribution in [3.63, 3.8) is 0 Å². The summed E-state index contributed by atoms with van der Waals surface area (Å²) in [6, 6.07) is 8.33. The molecule has 3 rings (SSSR count). The molecule has 0 atom stereocenters. The Morgan fingerprint density at radius 2 is 2.21 bits per heavy atom. The summed E-state index contributed by atoms with van der Waals surface area (Å²) in [5.41, 5.74) is 3.28. The first kappa shape index (κ1) is 12.3. The Morgan fingerprint density at radius 3 is 2.95 bits per heavy atom. The molecule has 5 heteroatoms. The zero-order chi connectivity index (χ0) is 13.1. The van der Waals surface area contributed by atoms with Gasteiger partial charge in [0.1, 0.15) is 5.01 Å². The van der Waals surface area contributed by atoms with Crippen LogP contribution in [0.2, 0.25) is 0 Å². The van der Waals surface area contributed by atoms with Crippen LogP contribution < -0.4 is 5.32 Å². The molecule has 0 unspecified atom stereocenters. The fourth-order valence-electron chi connectivity index (χ4n) is 1.80. The van der Waals surface area contributed by atoms with Crippen molar-refractivity contribution in [1.82, 2.24) is 9.97 Å². The van der Waals surface area contributed by atoms with Crippen LogP contribution >= 0.6 is 22.7 Å². The molecule has 0 aliphatic heterocycles. The van der Waals surface area contributed by atoms with Gasteiger partial charge in [-0.3, -0.25) is 0 Å². The van der Waals surface area contributed by atoms with Crippen LogP contribution in [0.4, 0.5) is 5.69 Å². The molecule has 0 bridgehead atoms. The zero-order valence-electron chi connectivity index (χ0n) is 10.5. The highest BCUT2D eigenvalue weighted by molar-refractivity contribution is 7.10. The van der Waals surface area contributed by atoms with Gasteiger partial charge in [0.25, 0.3) is 0 Å². The first-order valence-electron chi connectivity index (χ1n) is 5.96. The highest BCUT2D eigenvalue weighted by Crippen LogP contribution is 2.24. The number of anilines is 1. The zero-order valence-corrected chi connectivity index (χ0v) is 12.1. The normalized spacial score (nSPS) is 10.6. The summed E-state index contributed by atoms with van der Waals surface area (Å²) in [5.74, 6) is 0. The van der Waals surface area contributed by atoms with Crippen LogP contribution in [0.1, 0.15) is 10.0 Å². The van der Waals surface area contributed by atoms with Crippen molar-refractivity contribution in [3.05, 3.63) is 51.2 Å². The Kier molecular flexibility index (Phi) is 3.57. The average molecular weight is 287 g/mol. The maximum absolute atomic E-state index is 4.51. The van der Waals surface area contributed by atoms with E-state index in [0.717, 1.165) is 33.5 Å². The minimum Gasteiger partial charge on any atom is -0.379 e. The smallest absolute Gasteiger partial charge is 0.112 e. The summed E-state index contributed by atoms with van der Waals surface area (Å²) in [7, 11) is 0. The van der Waals surface area contributed by atoms with Crippen molar-refractivity contribution >= 4 is 28.4 Å². The molecule has 1 aromatic carbocycles. The molecule has 0 fully saturated rings. The standard InChI is InChI=1S/C14H13N3S2/c1-10-17-13(9-19-10)11-3-2-4-12(7-11)16-8-14-15-5-6-18-14/h2-7,9,16H,8H2,1H3. The molecule has 0 saturated heterocycles. The fraction of sp³-hybridized carbons (Fsp3) is 0.143. The van der Waals surface area contributed by atoms with E-state index in [1.165, 1.54) is 0 Å². The van der Waals surface area contributed by atoms with E-state index < -0.39 is 0 Å². The number of thiazole rings is 2. The third-order valence-electron chi connectivity index (χ3n) is 2.70. The van der Waals surface area contributed by atoms with Crippen LogP contribution in [0, 0.1) is 6.92 Å². The lowest BCUT2D eigenvalue weighted by molar-refractivity contribution is 1.10. The number of hydrogen-bond donors (Lipinski definition) is 1. The van der Waals surface area contributed by atoms with Crippen LogP contribution in [0.15, 0.2) is 41.2 Å². The Bertz CT molecular complexity index is 659. The Labute approximate surface area is 120 Å². The SMILES string of the molecule is Cc1nc(-c2cccc(NCc3nccs3)c2)cs1. The van der Waals surface area contributed by atoms with Gasteiger partial charge >= 0.3 is 0 Å². The maximum Gasteiger partial charge on any atom is 0.112 e. The predicted molar refractivity (Wildman–Crippen MR) is 81.7 cm³/mol. The Hall–Kier alpha value is -1.72. The molecule has 3 aromatic rings. The lowest BCUT2D eigenvalue weighted by Crippen LogP contribution is -1.98. The molecule has 0 radical (unpaired) electrons. The van der Waals surface area contributed by atoms with Crippen LogP contribution in [0.3, 0.4) is 0 Å². The summed E-state index contributed by atoms with van der Waals surface area (Å²) in [6.07, 6.45) is 1.83. The van der Waals surface area contributed by atoms with Gasteiger partial charge in [0.2, 0.25) is 0 Å². The van der Waals surface area contributed by atoms with Gasteiger partial charge < -0.3 is 5.32 Å². The van der Waals surface area contributed by atoms with Gasteiger partial charge in [0.15, 0.2) is 0 Å². The van der Waals surface area contributed by atoms with Crippen LogP contribution in [-0.4, -0.2) is 9.97 Å². The highest BCUT2D eigenvalue weighted by atomic mass is 32.1. The van der Waals surface area contributed by atoms with E-state index in [-0.39, 0.29) is 0 Å². The third-order valence-corrected chi connectivity index (χ3v) is 4.26. The van der Waals surface area contributed by atoms with Crippen molar-refractivity contribution < 1.29 is 0 Å². The summed E-state index contributed by atoms with van der Waals surface area (Å²) in [5, 5.41) is 9.66. The first-order valence-corrected chi connectivity index (χ1v) is 7.72. The van der Waals surface area contributed by atoms with Gasteiger partial charge in [-0.15, -0.1) is 22.7 Å². The molecule has 0 aliphatic carbocycles. The number of aromatic nitrogens is 2. The van der Waals surface area contributed by atoms with Crippen molar-refractivity contribution in [2.75, 3.05) is 5.32 Å². The van der Waals surface area contributed by atoms with Gasteiger partial charge in [-0.2, -0.15) is 0 Å². The minimum absolute atomic E-state index is 0.761. The van der Waals surface area contributed by atoms with Gasteiger partial charge in [0.05, 0.1) is 17.2 Å². The predicted octanol–water partition coefficient (Wildman–Crippen LogP) is 4.19. The summed E-state index contributed by atoms with van der Waals surface area (Å²) < 4.78 is 0. The highest BCUT2D eigenvalue weighted by Gasteiger charge is 2.03. The van der Waals surface area contributed by atoms with E-state index in [4.69, 9.17) is 0 Å². The van der Waals surface area contributed by atoms with Gasteiger partial charge in [-0.05, 0) is 19.1 Å². The van der Waals surface area contributed by atoms with E-state index in [1.807, 2.05) is 24.6 Å². The number of nitrogens with one attached hydrogen (secondary N) is 1. The number of benzene rings is 1. The third kappa shape index (κ3) is 3.00. The van der Waals surface area contributed by atoms with Gasteiger partial charge in [0, 0.05) is 28.2 Å². The van der Waals surface area contributed by atoms with Crippen molar-refractivity contribution in [1.29, 1.82) is 0 Å². The van der Waals surface area contributed by atoms with Crippen molar-refractivity contribution in [2.24, 2.45) is 0 Å². The largest absolute Gasteiger partial charge is 0.379 e. The molecular formula is C14H13N3S2. The van der Waals surface area contributed by atoms with E-state index in [2.05, 4.69) is 38.9 Å². The molecule has 0 saturated carbocycles. The number of aryl methyl sites for hydroxylation is 1. The van der Waals surface area contributed by atoms with Gasteiger partial charge in [-0.25, -0.2) is 9.97 Å². The molecule has 3 nitrogen and oxygen atoms in total. The molecule has 96 valence electrons. The minimum atomic E-state index is 0.761. The second-order valence-corrected chi connectivity index (χ2v) is 6.15. The number of nitrogens with zero attached hydrogens (tertiary/aromatic N) is 2. The van der Waals surface area contributed by atoms with E-state index in [1.54, 1.807) is 22.7 Å². The lowest BCUT2D eigenvalue weighted by Gasteiger charge is -2.05. The monoisotopic (exact) mass is 287 g/mol. The van der Waals surface area contributed by atoms with E-state index in [9.17, 15) is 0 Å². The summed E-state index contributed by atoms with van der Waals surface area (Å²) in [4.78, 5) is 8.77. The molecule has 0 amide bonds. The van der Waals surface area contributed by atoms with Crippen LogP contribution in [0.5, 0.6) is 0 Å². The fourth-order valence-corrected chi connectivity index (χ4v) is 2.98. The van der Waals surface area contributed by atoms with Gasteiger partial charge in [-0.1, -0.05) is 12.1 Å². The quantitative estimate of drug-likeness (QED) is 0.782. The van der Waals surface area contributed by atoms with Crippen molar-refractivity contribution in [3.8, 4) is 11.3 Å². The van der Waals surface area contributed by atoms with Crippen LogP contribution in [0.25, 0.3) is 11.3 Å². The molecule has 1 N–H and O–H groups in total. The number of hydrogen-bond acceptors (Lipinski definition) is 5. The Balaban J connectivity index is 1.76. The maximum atomic E-state index is 4.51. The second-order valence-electron chi connectivity index (χ2n) is 4.11. The molecular weight excluding hydrogens is 274 g/mol. The number of rotatable bonds is 4. The average Bonchev–Trinajstić information content (AvgIpc) is 3.08. The van der Waals surface area contributed by atoms with E-state index in [0.29, 0.717) is 0 Å². The molecule has 0 aliphatic rings. The summed E-state index contributed by atoms with van der Waals surface area (Å²) >= 11 is 3.34. The van der Waals surface area contributed by atoms with Crippen LogP contribution in [-0.2, 0) is 6.54 Å².